The molecule has 0 heterocycles. The summed E-state index contributed by atoms with van der Waals surface area (Å²) in [7, 11) is 0. The van der Waals surface area contributed by atoms with Crippen molar-refractivity contribution in [2.75, 3.05) is 0 Å². The fourth-order valence-corrected chi connectivity index (χ4v) is 1.78. The van der Waals surface area contributed by atoms with Gasteiger partial charge in [-0.25, -0.2) is 8.78 Å². The minimum atomic E-state index is -2.43. The van der Waals surface area contributed by atoms with Crippen LogP contribution >= 0.6 is 0 Å². The summed E-state index contributed by atoms with van der Waals surface area (Å²) in [4.78, 5) is 0. The van der Waals surface area contributed by atoms with Crippen LogP contribution in [0.25, 0.3) is 0 Å². The molecule has 0 aliphatic heterocycles. The first-order chi connectivity index (χ1) is 5.31. The lowest BCUT2D eigenvalue weighted by Gasteiger charge is -2.36. The molecule has 1 aliphatic carbocycles. The van der Waals surface area contributed by atoms with Gasteiger partial charge in [0.1, 0.15) is 0 Å². The normalized spacial score (nSPS) is 25.8. The van der Waals surface area contributed by atoms with E-state index >= 15 is 0 Å². The molecule has 0 aromatic heterocycles. The van der Waals surface area contributed by atoms with Gasteiger partial charge in [-0.05, 0) is 32.6 Å². The van der Waals surface area contributed by atoms with Crippen LogP contribution in [-0.4, -0.2) is 11.5 Å². The van der Waals surface area contributed by atoms with Gasteiger partial charge >= 0.3 is 0 Å². The van der Waals surface area contributed by atoms with Crippen molar-refractivity contribution in [2.45, 2.75) is 51.0 Å². The predicted molar refractivity (Wildman–Crippen MR) is 45.2 cm³/mol. The van der Waals surface area contributed by atoms with E-state index in [4.69, 9.17) is 5.73 Å². The Bertz CT molecular complexity index is 150. The van der Waals surface area contributed by atoms with Gasteiger partial charge in [0, 0.05) is 18.4 Å². The number of halogens is 2. The van der Waals surface area contributed by atoms with Crippen LogP contribution in [-0.2, 0) is 0 Å². The Labute approximate surface area is 72.3 Å². The molecule has 1 nitrogen and oxygen atoms in total. The highest BCUT2D eigenvalue weighted by Gasteiger charge is 2.38. The van der Waals surface area contributed by atoms with Crippen LogP contribution in [0.3, 0.4) is 0 Å². The van der Waals surface area contributed by atoms with Crippen molar-refractivity contribution in [2.24, 2.45) is 11.7 Å². The van der Waals surface area contributed by atoms with E-state index in [0.29, 0.717) is 12.8 Å². The van der Waals surface area contributed by atoms with Crippen LogP contribution < -0.4 is 5.73 Å². The lowest BCUT2D eigenvalue weighted by atomic mass is 9.76. The Kier molecular flexibility index (Phi) is 2.43. The molecule has 0 atom stereocenters. The zero-order chi connectivity index (χ0) is 9.41. The molecular formula is C9H17F2N. The summed E-state index contributed by atoms with van der Waals surface area (Å²) in [5, 5.41) is 0. The summed E-state index contributed by atoms with van der Waals surface area (Å²) in [6.07, 6.45) is 1.16. The minimum absolute atomic E-state index is 0.0122. The fourth-order valence-electron chi connectivity index (χ4n) is 1.78. The van der Waals surface area contributed by atoms with Crippen molar-refractivity contribution in [3.63, 3.8) is 0 Å². The molecule has 12 heavy (non-hydrogen) atoms. The zero-order valence-corrected chi connectivity index (χ0v) is 7.74. The summed E-state index contributed by atoms with van der Waals surface area (Å²) < 4.78 is 25.5. The van der Waals surface area contributed by atoms with E-state index in [1.807, 2.05) is 13.8 Å². The minimum Gasteiger partial charge on any atom is -0.325 e. The number of nitrogens with two attached hydrogens (primary N) is 1. The highest BCUT2D eigenvalue weighted by molar-refractivity contribution is 4.88. The van der Waals surface area contributed by atoms with Crippen molar-refractivity contribution in [1.82, 2.24) is 0 Å². The van der Waals surface area contributed by atoms with Crippen molar-refractivity contribution in [3.05, 3.63) is 0 Å². The van der Waals surface area contributed by atoms with Gasteiger partial charge in [-0.15, -0.1) is 0 Å². The largest absolute Gasteiger partial charge is 0.325 e. The first kappa shape index (κ1) is 9.90. The van der Waals surface area contributed by atoms with E-state index in [9.17, 15) is 8.78 Å². The molecule has 0 radical (unpaired) electrons. The Hall–Kier alpha value is -0.180. The Morgan fingerprint density at radius 2 is 1.67 bits per heavy atom. The van der Waals surface area contributed by atoms with E-state index in [-0.39, 0.29) is 24.3 Å². The van der Waals surface area contributed by atoms with E-state index < -0.39 is 5.92 Å². The average molecular weight is 177 g/mol. The highest BCUT2D eigenvalue weighted by Crippen LogP contribution is 2.39. The second-order valence-electron chi connectivity index (χ2n) is 4.45. The summed E-state index contributed by atoms with van der Waals surface area (Å²) in [6.45, 7) is 3.84. The zero-order valence-electron chi connectivity index (χ0n) is 7.74. The molecule has 0 bridgehead atoms. The molecule has 2 N–H and O–H groups in total. The van der Waals surface area contributed by atoms with Crippen LogP contribution in [0.2, 0.25) is 0 Å². The predicted octanol–water partition coefficient (Wildman–Crippen LogP) is 2.55. The van der Waals surface area contributed by atoms with Gasteiger partial charge in [-0.2, -0.15) is 0 Å². The quantitative estimate of drug-likeness (QED) is 0.654. The molecule has 0 aromatic rings. The molecule has 3 heteroatoms. The molecular weight excluding hydrogens is 160 g/mol. The van der Waals surface area contributed by atoms with Gasteiger partial charge in [-0.1, -0.05) is 0 Å². The van der Waals surface area contributed by atoms with Gasteiger partial charge in [-0.3, -0.25) is 0 Å². The maximum Gasteiger partial charge on any atom is 0.248 e. The Morgan fingerprint density at radius 1 is 1.25 bits per heavy atom. The van der Waals surface area contributed by atoms with Crippen LogP contribution in [0, 0.1) is 5.92 Å². The van der Waals surface area contributed by atoms with Gasteiger partial charge in [0.15, 0.2) is 0 Å². The standard InChI is InChI=1S/C9H17F2N/c1-8(2,12)7-3-5-9(10,11)6-4-7/h7H,3-6,12H2,1-2H3. The van der Waals surface area contributed by atoms with E-state index in [1.54, 1.807) is 0 Å². The van der Waals surface area contributed by atoms with Crippen molar-refractivity contribution in [3.8, 4) is 0 Å². The van der Waals surface area contributed by atoms with E-state index in [2.05, 4.69) is 0 Å². The second kappa shape index (κ2) is 2.95. The first-order valence-corrected chi connectivity index (χ1v) is 4.48. The van der Waals surface area contributed by atoms with Gasteiger partial charge in [0.2, 0.25) is 5.92 Å². The Balaban J connectivity index is 2.47. The SMILES string of the molecule is CC(C)(N)C1CCC(F)(F)CC1. The average Bonchev–Trinajstić information content (AvgIpc) is 1.83. The highest BCUT2D eigenvalue weighted by atomic mass is 19.3. The maximum atomic E-state index is 12.7. The number of hydrogen-bond acceptors (Lipinski definition) is 1. The first-order valence-electron chi connectivity index (χ1n) is 4.48. The second-order valence-corrected chi connectivity index (χ2v) is 4.45. The summed E-state index contributed by atoms with van der Waals surface area (Å²) >= 11 is 0. The van der Waals surface area contributed by atoms with Crippen molar-refractivity contribution >= 4 is 0 Å². The summed E-state index contributed by atoms with van der Waals surface area (Å²) in [5.41, 5.74) is 5.56. The molecule has 1 saturated carbocycles. The van der Waals surface area contributed by atoms with Gasteiger partial charge in [0.05, 0.1) is 0 Å². The molecule has 1 fully saturated rings. The summed E-state index contributed by atoms with van der Waals surface area (Å²) in [5.74, 6) is -2.17. The van der Waals surface area contributed by atoms with Crippen molar-refractivity contribution < 1.29 is 8.78 Å². The third-order valence-corrected chi connectivity index (χ3v) is 2.77. The topological polar surface area (TPSA) is 26.0 Å². The van der Waals surface area contributed by atoms with Crippen LogP contribution in [0.4, 0.5) is 8.78 Å². The number of rotatable bonds is 1. The van der Waals surface area contributed by atoms with Crippen LogP contribution in [0.1, 0.15) is 39.5 Å². The number of alkyl halides is 2. The molecule has 72 valence electrons. The molecule has 1 rings (SSSR count). The molecule has 0 spiro atoms. The molecule has 0 amide bonds. The number of hydrogen-bond donors (Lipinski definition) is 1. The maximum absolute atomic E-state index is 12.7. The third kappa shape index (κ3) is 2.41. The Morgan fingerprint density at radius 3 is 2.00 bits per heavy atom. The summed E-state index contributed by atoms with van der Waals surface area (Å²) in [6, 6.07) is 0. The van der Waals surface area contributed by atoms with E-state index in [1.165, 1.54) is 0 Å². The van der Waals surface area contributed by atoms with Gasteiger partial charge < -0.3 is 5.73 Å². The smallest absolute Gasteiger partial charge is 0.248 e. The van der Waals surface area contributed by atoms with E-state index in [0.717, 1.165) is 0 Å². The van der Waals surface area contributed by atoms with Crippen molar-refractivity contribution in [1.29, 1.82) is 0 Å². The molecule has 1 aliphatic rings. The van der Waals surface area contributed by atoms with Crippen LogP contribution in [0.5, 0.6) is 0 Å². The third-order valence-electron chi connectivity index (χ3n) is 2.77. The molecule has 0 saturated heterocycles. The molecule has 0 unspecified atom stereocenters. The lowest BCUT2D eigenvalue weighted by molar-refractivity contribution is -0.0524. The van der Waals surface area contributed by atoms with Crippen LogP contribution in [0.15, 0.2) is 0 Å². The monoisotopic (exact) mass is 177 g/mol. The molecule has 0 aromatic carbocycles. The fraction of sp³-hybridized carbons (Fsp3) is 1.00. The lowest BCUT2D eigenvalue weighted by Crippen LogP contribution is -2.44. The van der Waals surface area contributed by atoms with Gasteiger partial charge in [0.25, 0.3) is 0 Å².